The summed E-state index contributed by atoms with van der Waals surface area (Å²) in [5, 5.41) is 4.20. The van der Waals surface area contributed by atoms with Gasteiger partial charge < -0.3 is 0 Å². The number of fused-ring (bicyclic) bond motifs is 2. The Hall–Kier alpha value is -3.71. The topological polar surface area (TPSA) is 17.1 Å². The van der Waals surface area contributed by atoms with E-state index < -0.39 is 0 Å². The minimum Gasteiger partial charge on any atom is -0.289 e. The Bertz CT molecular complexity index is 1290. The van der Waals surface area contributed by atoms with Crippen molar-refractivity contribution in [1.82, 2.24) is 0 Å². The standard InChI is InChI=1S/C28H20O/c1-19-15-17-20(18-16-19)26-22-11-5-7-13-24(22)27(25-14-8-6-12-23(25)26)28(29)21-9-3-2-4-10-21/h2-18H,1H3. The van der Waals surface area contributed by atoms with Crippen LogP contribution in [0.5, 0.6) is 0 Å². The Kier molecular flexibility index (Phi) is 4.22. The van der Waals surface area contributed by atoms with Crippen LogP contribution >= 0.6 is 0 Å². The molecular weight excluding hydrogens is 352 g/mol. The monoisotopic (exact) mass is 372 g/mol. The summed E-state index contributed by atoms with van der Waals surface area (Å²) >= 11 is 0. The molecule has 0 fully saturated rings. The number of carbonyl (C=O) groups excluding carboxylic acids is 1. The Balaban J connectivity index is 1.92. The van der Waals surface area contributed by atoms with E-state index in [0.29, 0.717) is 5.56 Å². The second-order valence-electron chi connectivity index (χ2n) is 7.40. The molecule has 0 spiro atoms. The molecule has 0 saturated heterocycles. The number of benzene rings is 5. The molecule has 5 aromatic rings. The summed E-state index contributed by atoms with van der Waals surface area (Å²) < 4.78 is 0. The molecule has 0 heterocycles. The SMILES string of the molecule is Cc1ccc(-c2c3ccccc3c(C(=O)c3ccccc3)c3ccccc23)cc1. The quantitative estimate of drug-likeness (QED) is 0.242. The summed E-state index contributed by atoms with van der Waals surface area (Å²) in [6.07, 6.45) is 0. The summed E-state index contributed by atoms with van der Waals surface area (Å²) in [5.41, 5.74) is 5.07. The van der Waals surface area contributed by atoms with Gasteiger partial charge in [0, 0.05) is 11.1 Å². The molecule has 0 unspecified atom stereocenters. The Labute approximate surface area is 170 Å². The summed E-state index contributed by atoms with van der Waals surface area (Å²) in [6, 6.07) is 34.7. The first-order valence-electron chi connectivity index (χ1n) is 9.84. The van der Waals surface area contributed by atoms with Crippen molar-refractivity contribution >= 4 is 27.3 Å². The first kappa shape index (κ1) is 17.4. The van der Waals surface area contributed by atoms with Crippen LogP contribution in [-0.4, -0.2) is 5.78 Å². The van der Waals surface area contributed by atoms with Gasteiger partial charge in [0.1, 0.15) is 0 Å². The summed E-state index contributed by atoms with van der Waals surface area (Å²) in [6.45, 7) is 2.10. The molecule has 138 valence electrons. The maximum Gasteiger partial charge on any atom is 0.194 e. The van der Waals surface area contributed by atoms with Gasteiger partial charge in [-0.3, -0.25) is 4.79 Å². The van der Waals surface area contributed by atoms with Crippen molar-refractivity contribution in [3.05, 3.63) is 120 Å². The van der Waals surface area contributed by atoms with E-state index in [4.69, 9.17) is 0 Å². The average Bonchev–Trinajstić information content (AvgIpc) is 2.78. The number of ketones is 1. The lowest BCUT2D eigenvalue weighted by atomic mass is 9.86. The Morgan fingerprint density at radius 3 is 1.59 bits per heavy atom. The summed E-state index contributed by atoms with van der Waals surface area (Å²) in [4.78, 5) is 13.6. The van der Waals surface area contributed by atoms with E-state index in [0.717, 1.165) is 27.1 Å². The zero-order valence-corrected chi connectivity index (χ0v) is 16.2. The van der Waals surface area contributed by atoms with Crippen molar-refractivity contribution in [2.24, 2.45) is 0 Å². The van der Waals surface area contributed by atoms with E-state index in [1.165, 1.54) is 16.7 Å². The third kappa shape index (κ3) is 2.92. The molecule has 0 bridgehead atoms. The van der Waals surface area contributed by atoms with Crippen molar-refractivity contribution in [1.29, 1.82) is 0 Å². The van der Waals surface area contributed by atoms with Crippen molar-refractivity contribution in [3.63, 3.8) is 0 Å². The van der Waals surface area contributed by atoms with Gasteiger partial charge in [-0.05, 0) is 39.6 Å². The fourth-order valence-electron chi connectivity index (χ4n) is 4.14. The van der Waals surface area contributed by atoms with Gasteiger partial charge in [-0.15, -0.1) is 0 Å². The van der Waals surface area contributed by atoms with Gasteiger partial charge in [-0.1, -0.05) is 109 Å². The van der Waals surface area contributed by atoms with E-state index >= 15 is 0 Å². The Morgan fingerprint density at radius 2 is 1.03 bits per heavy atom. The molecule has 29 heavy (non-hydrogen) atoms. The molecule has 0 aromatic heterocycles. The van der Waals surface area contributed by atoms with E-state index in [-0.39, 0.29) is 5.78 Å². The third-order valence-electron chi connectivity index (χ3n) is 5.53. The molecule has 0 N–H and O–H groups in total. The number of carbonyl (C=O) groups is 1. The van der Waals surface area contributed by atoms with Crippen LogP contribution in [0.25, 0.3) is 32.7 Å². The molecule has 5 aromatic carbocycles. The predicted octanol–water partition coefficient (Wildman–Crippen LogP) is 7.20. The smallest absolute Gasteiger partial charge is 0.194 e. The maximum absolute atomic E-state index is 13.6. The Morgan fingerprint density at radius 1 is 0.552 bits per heavy atom. The molecule has 0 amide bonds. The van der Waals surface area contributed by atoms with E-state index in [9.17, 15) is 4.79 Å². The maximum atomic E-state index is 13.6. The van der Waals surface area contributed by atoms with E-state index in [2.05, 4.69) is 55.5 Å². The molecule has 0 saturated carbocycles. The molecule has 0 aliphatic carbocycles. The lowest BCUT2D eigenvalue weighted by molar-refractivity contribution is 0.104. The van der Waals surface area contributed by atoms with Crippen LogP contribution < -0.4 is 0 Å². The average molecular weight is 372 g/mol. The van der Waals surface area contributed by atoms with Gasteiger partial charge in [-0.2, -0.15) is 0 Å². The van der Waals surface area contributed by atoms with Gasteiger partial charge in [0.15, 0.2) is 5.78 Å². The molecule has 1 nitrogen and oxygen atoms in total. The minimum atomic E-state index is 0.0634. The van der Waals surface area contributed by atoms with Crippen LogP contribution in [-0.2, 0) is 0 Å². The molecule has 0 atom stereocenters. The fraction of sp³-hybridized carbons (Fsp3) is 0.0357. The highest BCUT2D eigenvalue weighted by Crippen LogP contribution is 2.40. The second-order valence-corrected chi connectivity index (χ2v) is 7.40. The normalized spacial score (nSPS) is 11.1. The molecular formula is C28H20O. The van der Waals surface area contributed by atoms with E-state index in [1.54, 1.807) is 0 Å². The molecule has 0 aliphatic heterocycles. The highest BCUT2D eigenvalue weighted by Gasteiger charge is 2.20. The van der Waals surface area contributed by atoms with Gasteiger partial charge >= 0.3 is 0 Å². The first-order chi connectivity index (χ1) is 14.2. The molecule has 0 aliphatic rings. The van der Waals surface area contributed by atoms with Crippen LogP contribution in [0.15, 0.2) is 103 Å². The number of aryl methyl sites for hydroxylation is 1. The number of hydrogen-bond acceptors (Lipinski definition) is 1. The van der Waals surface area contributed by atoms with Crippen molar-refractivity contribution in [3.8, 4) is 11.1 Å². The van der Waals surface area contributed by atoms with Crippen molar-refractivity contribution in [2.75, 3.05) is 0 Å². The first-order valence-corrected chi connectivity index (χ1v) is 9.84. The van der Waals surface area contributed by atoms with Gasteiger partial charge in [0.25, 0.3) is 0 Å². The highest BCUT2D eigenvalue weighted by atomic mass is 16.1. The third-order valence-corrected chi connectivity index (χ3v) is 5.53. The van der Waals surface area contributed by atoms with Crippen molar-refractivity contribution in [2.45, 2.75) is 6.92 Å². The largest absolute Gasteiger partial charge is 0.289 e. The predicted molar refractivity (Wildman–Crippen MR) is 122 cm³/mol. The van der Waals surface area contributed by atoms with Gasteiger partial charge in [0.2, 0.25) is 0 Å². The second kappa shape index (κ2) is 7.03. The van der Waals surface area contributed by atoms with Crippen molar-refractivity contribution < 1.29 is 4.79 Å². The van der Waals surface area contributed by atoms with Crippen LogP contribution in [0.3, 0.4) is 0 Å². The van der Waals surface area contributed by atoms with Gasteiger partial charge in [-0.25, -0.2) is 0 Å². The van der Waals surface area contributed by atoms with Crippen LogP contribution in [0.4, 0.5) is 0 Å². The number of hydrogen-bond donors (Lipinski definition) is 0. The van der Waals surface area contributed by atoms with Crippen LogP contribution in [0, 0.1) is 6.92 Å². The van der Waals surface area contributed by atoms with E-state index in [1.807, 2.05) is 54.6 Å². The lowest BCUT2D eigenvalue weighted by Gasteiger charge is -2.17. The zero-order valence-electron chi connectivity index (χ0n) is 16.2. The molecule has 1 heteroatoms. The number of rotatable bonds is 3. The molecule has 0 radical (unpaired) electrons. The summed E-state index contributed by atoms with van der Waals surface area (Å²) in [5.74, 6) is 0.0634. The molecule has 5 rings (SSSR count). The highest BCUT2D eigenvalue weighted by molar-refractivity contribution is 6.28. The van der Waals surface area contributed by atoms with Crippen LogP contribution in [0.2, 0.25) is 0 Å². The minimum absolute atomic E-state index is 0.0634. The fourth-order valence-corrected chi connectivity index (χ4v) is 4.14. The van der Waals surface area contributed by atoms with Crippen LogP contribution in [0.1, 0.15) is 21.5 Å². The lowest BCUT2D eigenvalue weighted by Crippen LogP contribution is -2.04. The zero-order chi connectivity index (χ0) is 19.8. The van der Waals surface area contributed by atoms with Gasteiger partial charge in [0.05, 0.1) is 0 Å². The summed E-state index contributed by atoms with van der Waals surface area (Å²) in [7, 11) is 0.